The van der Waals surface area contributed by atoms with Crippen LogP contribution in [0.25, 0.3) is 0 Å². The third-order valence-electron chi connectivity index (χ3n) is 6.88. The van der Waals surface area contributed by atoms with Gasteiger partial charge < -0.3 is 14.6 Å². The molecule has 0 fully saturated rings. The fourth-order valence-corrected chi connectivity index (χ4v) is 6.06. The monoisotopic (exact) mass is 605 g/mol. The van der Waals surface area contributed by atoms with E-state index >= 15 is 0 Å². The zero-order chi connectivity index (χ0) is 29.8. The summed E-state index contributed by atoms with van der Waals surface area (Å²) in [5.41, 5.74) is 2.20. The third kappa shape index (κ3) is 6.04. The predicted octanol–water partition coefficient (Wildman–Crippen LogP) is 4.50. The van der Waals surface area contributed by atoms with E-state index < -0.39 is 10.8 Å². The Morgan fingerprint density at radius 3 is 2.64 bits per heavy atom. The van der Waals surface area contributed by atoms with Crippen molar-refractivity contribution in [3.8, 4) is 5.75 Å². The Kier molecular flexibility index (Phi) is 8.64. The molecule has 1 aliphatic rings. The van der Waals surface area contributed by atoms with Crippen molar-refractivity contribution < 1.29 is 19.2 Å². The highest BCUT2D eigenvalue weighted by Gasteiger charge is 2.33. The van der Waals surface area contributed by atoms with E-state index in [9.17, 15) is 19.7 Å². The van der Waals surface area contributed by atoms with E-state index in [4.69, 9.17) is 9.84 Å². The molecule has 1 atom stereocenters. The van der Waals surface area contributed by atoms with Crippen molar-refractivity contribution in [3.63, 3.8) is 0 Å². The van der Waals surface area contributed by atoms with Gasteiger partial charge in [0.1, 0.15) is 5.75 Å². The van der Waals surface area contributed by atoms with Crippen molar-refractivity contribution in [2.24, 2.45) is 12.1 Å². The van der Waals surface area contributed by atoms with Crippen LogP contribution in [0.15, 0.2) is 70.2 Å². The summed E-state index contributed by atoms with van der Waals surface area (Å²) in [6.45, 7) is 1.59. The van der Waals surface area contributed by atoms with Gasteiger partial charge in [0.15, 0.2) is 11.0 Å². The molecule has 2 amide bonds. The molecule has 0 aliphatic carbocycles. The number of nitro groups is 1. The number of benzene rings is 2. The van der Waals surface area contributed by atoms with Crippen LogP contribution in [0.2, 0.25) is 0 Å². The number of hydrazone groups is 1. The second-order valence-corrected chi connectivity index (χ2v) is 11.3. The molecule has 0 unspecified atom stereocenters. The lowest BCUT2D eigenvalue weighted by molar-refractivity contribution is -0.385. The molecule has 2 aromatic carbocycles. The first-order valence-corrected chi connectivity index (χ1v) is 14.7. The topological polar surface area (TPSA) is 145 Å². The van der Waals surface area contributed by atoms with Gasteiger partial charge in [-0.3, -0.25) is 19.7 Å². The molecule has 0 saturated heterocycles. The number of thioether (sulfide) groups is 1. The summed E-state index contributed by atoms with van der Waals surface area (Å²) in [6, 6.07) is 15.7. The predicted molar refractivity (Wildman–Crippen MR) is 159 cm³/mol. The Morgan fingerprint density at radius 1 is 1.17 bits per heavy atom. The van der Waals surface area contributed by atoms with Gasteiger partial charge in [-0.05, 0) is 42.1 Å². The fraction of sp³-hybridized carbons (Fsp3) is 0.250. The van der Waals surface area contributed by atoms with Gasteiger partial charge in [-0.15, -0.1) is 21.5 Å². The molecule has 0 radical (unpaired) electrons. The molecule has 1 N–H and O–H groups in total. The summed E-state index contributed by atoms with van der Waals surface area (Å²) >= 11 is 2.81. The number of carbonyl (C=O) groups excluding carboxylic acids is 2. The maximum atomic E-state index is 13.5. The van der Waals surface area contributed by atoms with Gasteiger partial charge in [0, 0.05) is 30.7 Å². The molecule has 0 bridgehead atoms. The number of nitrogens with one attached hydrogen (secondary N) is 1. The van der Waals surface area contributed by atoms with Gasteiger partial charge >= 0.3 is 0 Å². The number of hydrogen-bond acceptors (Lipinski definition) is 10. The van der Waals surface area contributed by atoms with E-state index in [0.29, 0.717) is 17.4 Å². The summed E-state index contributed by atoms with van der Waals surface area (Å²) in [4.78, 5) is 37.9. The minimum atomic E-state index is -0.519. The lowest BCUT2D eigenvalue weighted by atomic mass is 10.0. The molecular formula is C28H27N7O5S2. The van der Waals surface area contributed by atoms with E-state index in [2.05, 4.69) is 15.5 Å². The number of hydrogen-bond donors (Lipinski definition) is 1. The maximum absolute atomic E-state index is 13.5. The van der Waals surface area contributed by atoms with Crippen molar-refractivity contribution >= 4 is 46.3 Å². The minimum absolute atomic E-state index is 0.0547. The maximum Gasteiger partial charge on any atom is 0.273 e. The average molecular weight is 606 g/mol. The molecule has 216 valence electrons. The Morgan fingerprint density at radius 2 is 1.95 bits per heavy atom. The second-order valence-electron chi connectivity index (χ2n) is 9.39. The van der Waals surface area contributed by atoms with Crippen LogP contribution in [-0.2, 0) is 18.4 Å². The zero-order valence-corrected chi connectivity index (χ0v) is 24.6. The highest BCUT2D eigenvalue weighted by Crippen LogP contribution is 2.35. The van der Waals surface area contributed by atoms with Crippen LogP contribution in [0, 0.1) is 17.0 Å². The van der Waals surface area contributed by atoms with Crippen molar-refractivity contribution in [1.82, 2.24) is 25.1 Å². The fourth-order valence-electron chi connectivity index (χ4n) is 4.56. The lowest BCUT2D eigenvalue weighted by Crippen LogP contribution is -2.28. The van der Waals surface area contributed by atoms with Gasteiger partial charge in [0.05, 0.1) is 41.0 Å². The van der Waals surface area contributed by atoms with Crippen LogP contribution in [0.5, 0.6) is 5.75 Å². The van der Waals surface area contributed by atoms with E-state index in [1.165, 1.54) is 36.9 Å². The number of thiophene rings is 1. The number of nitrogens with zero attached hydrogens (tertiary/aromatic N) is 6. The molecule has 1 aliphatic heterocycles. The molecule has 0 saturated carbocycles. The number of amides is 2. The van der Waals surface area contributed by atoms with E-state index in [1.807, 2.05) is 41.8 Å². The summed E-state index contributed by atoms with van der Waals surface area (Å²) in [7, 11) is 3.36. The molecule has 12 nitrogen and oxygen atoms in total. The van der Waals surface area contributed by atoms with Crippen LogP contribution in [-0.4, -0.2) is 55.1 Å². The van der Waals surface area contributed by atoms with Gasteiger partial charge in [-0.2, -0.15) is 5.10 Å². The lowest BCUT2D eigenvalue weighted by Gasteiger charge is -2.22. The molecule has 42 heavy (non-hydrogen) atoms. The molecule has 5 rings (SSSR count). The summed E-state index contributed by atoms with van der Waals surface area (Å²) < 4.78 is 6.98. The summed E-state index contributed by atoms with van der Waals surface area (Å²) in [5, 5.41) is 31.0. The van der Waals surface area contributed by atoms with Crippen LogP contribution in [0.4, 0.5) is 5.69 Å². The first-order chi connectivity index (χ1) is 20.3. The molecular weight excluding hydrogens is 578 g/mol. The molecule has 2 aromatic heterocycles. The van der Waals surface area contributed by atoms with Crippen molar-refractivity contribution in [2.45, 2.75) is 31.1 Å². The third-order valence-corrected chi connectivity index (χ3v) is 8.80. The quantitative estimate of drug-likeness (QED) is 0.158. The number of ether oxygens (including phenoxy) is 1. The first kappa shape index (κ1) is 29.0. The highest BCUT2D eigenvalue weighted by molar-refractivity contribution is 7.99. The smallest absolute Gasteiger partial charge is 0.273 e. The number of rotatable bonds is 10. The van der Waals surface area contributed by atoms with Crippen LogP contribution < -0.4 is 10.1 Å². The van der Waals surface area contributed by atoms with Crippen molar-refractivity contribution in [3.05, 3.63) is 97.5 Å². The largest absolute Gasteiger partial charge is 0.497 e. The van der Waals surface area contributed by atoms with Gasteiger partial charge in [-0.25, -0.2) is 5.01 Å². The van der Waals surface area contributed by atoms with Crippen molar-refractivity contribution in [2.75, 3.05) is 12.9 Å². The molecule has 14 heteroatoms. The first-order valence-electron chi connectivity index (χ1n) is 12.9. The molecule has 0 spiro atoms. The molecule has 4 aromatic rings. The number of aromatic nitrogens is 3. The Balaban J connectivity index is 1.25. The second kappa shape index (κ2) is 12.5. The minimum Gasteiger partial charge on any atom is -0.497 e. The van der Waals surface area contributed by atoms with Gasteiger partial charge in [0.2, 0.25) is 0 Å². The van der Waals surface area contributed by atoms with Crippen LogP contribution in [0.1, 0.15) is 44.6 Å². The van der Waals surface area contributed by atoms with Crippen LogP contribution >= 0.6 is 23.1 Å². The number of methoxy groups -OCH3 is 1. The number of nitro benzene ring substituents is 1. The summed E-state index contributed by atoms with van der Waals surface area (Å²) in [5.74, 6) is 0.655. The molecule has 3 heterocycles. The van der Waals surface area contributed by atoms with E-state index in [1.54, 1.807) is 35.1 Å². The van der Waals surface area contributed by atoms with Crippen molar-refractivity contribution in [1.29, 1.82) is 0 Å². The average Bonchev–Trinajstić information content (AvgIpc) is 3.75. The Labute approximate surface area is 249 Å². The van der Waals surface area contributed by atoms with Crippen LogP contribution in [0.3, 0.4) is 0 Å². The summed E-state index contributed by atoms with van der Waals surface area (Å²) in [6.07, 6.45) is 0.598. The van der Waals surface area contributed by atoms with E-state index in [-0.39, 0.29) is 41.1 Å². The number of carbonyl (C=O) groups is 2. The van der Waals surface area contributed by atoms with Gasteiger partial charge in [0.25, 0.3) is 17.5 Å². The highest BCUT2D eigenvalue weighted by atomic mass is 32.2. The normalized spacial score (nSPS) is 14.5. The van der Waals surface area contributed by atoms with E-state index in [0.717, 1.165) is 21.9 Å². The zero-order valence-electron chi connectivity index (χ0n) is 23.0. The Bertz CT molecular complexity index is 1650. The SMILES string of the molecule is COc1ccc([C@@H]2CC(c3cccs3)=NN2C(=O)CSc2nnc(CNC(=O)c3cccc([N+](=O)[O-])c3C)n2C)cc1. The Hall–Kier alpha value is -4.56. The standard InChI is InChI=1S/C28H27N7O5S2/c1-17-20(6-4-7-22(17)35(38)39)27(37)29-15-25-30-31-28(33(25)2)42-16-26(36)34-23(18-9-11-19(40-3)12-10-18)14-21(32-34)24-8-5-13-41-24/h4-13,23H,14-16H2,1-3H3,(H,29,37)/t23-/m0/s1. The van der Waals surface area contributed by atoms with Gasteiger partial charge in [-0.1, -0.05) is 36.0 Å².